The summed E-state index contributed by atoms with van der Waals surface area (Å²) in [5.74, 6) is 0.0813. The molecule has 2 aromatic heterocycles. The maximum atomic E-state index is 13.7. The standard InChI is InChI=1S/C21H16Cl2N8O/c1-2-30(18-12(10-24)17(25)28-20(26)29-18)21-27-16-14(23)9-8-13(22)15(16)19(32)31(21)11-6-4-3-5-7-11/h3-9H,2H2,1H3,(H4,25,26,28,29). The van der Waals surface area contributed by atoms with E-state index < -0.39 is 5.56 Å². The van der Waals surface area contributed by atoms with E-state index in [9.17, 15) is 10.1 Å². The number of rotatable bonds is 4. The van der Waals surface area contributed by atoms with Gasteiger partial charge in [-0.3, -0.25) is 9.69 Å². The van der Waals surface area contributed by atoms with Gasteiger partial charge in [-0.05, 0) is 31.2 Å². The maximum absolute atomic E-state index is 13.7. The van der Waals surface area contributed by atoms with Crippen LogP contribution in [0.5, 0.6) is 0 Å². The molecule has 160 valence electrons. The van der Waals surface area contributed by atoms with Gasteiger partial charge in [0.15, 0.2) is 5.82 Å². The molecule has 0 saturated heterocycles. The number of fused-ring (bicyclic) bond motifs is 1. The number of nitrogen functional groups attached to an aromatic ring is 2. The molecule has 0 atom stereocenters. The molecule has 4 N–H and O–H groups in total. The van der Waals surface area contributed by atoms with Gasteiger partial charge < -0.3 is 11.5 Å². The van der Waals surface area contributed by atoms with E-state index in [4.69, 9.17) is 34.7 Å². The van der Waals surface area contributed by atoms with Crippen LogP contribution in [0.2, 0.25) is 10.0 Å². The molecule has 2 aromatic carbocycles. The molecule has 4 aromatic rings. The number of nitrogens with two attached hydrogens (primary N) is 2. The quantitative estimate of drug-likeness (QED) is 0.463. The third kappa shape index (κ3) is 3.45. The van der Waals surface area contributed by atoms with Crippen LogP contribution < -0.4 is 21.9 Å². The number of nitrogens with zero attached hydrogens (tertiary/aromatic N) is 6. The van der Waals surface area contributed by atoms with Crippen molar-refractivity contribution in [2.75, 3.05) is 22.9 Å². The van der Waals surface area contributed by atoms with Crippen molar-refractivity contribution >= 4 is 57.6 Å². The van der Waals surface area contributed by atoms with Crippen LogP contribution in [-0.4, -0.2) is 26.1 Å². The lowest BCUT2D eigenvalue weighted by atomic mass is 10.2. The summed E-state index contributed by atoms with van der Waals surface area (Å²) in [6.07, 6.45) is 0. The van der Waals surface area contributed by atoms with Crippen molar-refractivity contribution in [2.45, 2.75) is 6.92 Å². The maximum Gasteiger partial charge on any atom is 0.268 e. The summed E-state index contributed by atoms with van der Waals surface area (Å²) in [4.78, 5) is 28.0. The second kappa shape index (κ2) is 8.34. The number of para-hydroxylation sites is 1. The Morgan fingerprint density at radius 2 is 1.75 bits per heavy atom. The molecule has 0 aliphatic heterocycles. The SMILES string of the molecule is CCN(c1nc(N)nc(N)c1C#N)c1nc2c(Cl)ccc(Cl)c2c(=O)n1-c1ccccc1. The number of halogens is 2. The van der Waals surface area contributed by atoms with Crippen molar-refractivity contribution in [1.29, 1.82) is 5.26 Å². The van der Waals surface area contributed by atoms with Crippen molar-refractivity contribution in [1.82, 2.24) is 19.5 Å². The van der Waals surface area contributed by atoms with Gasteiger partial charge >= 0.3 is 0 Å². The number of aromatic nitrogens is 4. The summed E-state index contributed by atoms with van der Waals surface area (Å²) in [6, 6.07) is 14.0. The molecule has 0 aliphatic rings. The van der Waals surface area contributed by atoms with E-state index in [0.29, 0.717) is 5.69 Å². The first-order valence-corrected chi connectivity index (χ1v) is 10.2. The Balaban J connectivity index is 2.16. The molecule has 0 unspecified atom stereocenters. The van der Waals surface area contributed by atoms with Gasteiger partial charge in [-0.15, -0.1) is 0 Å². The van der Waals surface area contributed by atoms with E-state index in [2.05, 4.69) is 15.0 Å². The van der Waals surface area contributed by atoms with E-state index in [0.717, 1.165) is 0 Å². The van der Waals surface area contributed by atoms with E-state index in [-0.39, 0.29) is 56.6 Å². The summed E-state index contributed by atoms with van der Waals surface area (Å²) in [5.41, 5.74) is 12.0. The topological polar surface area (TPSA) is 140 Å². The number of hydrogen-bond donors (Lipinski definition) is 2. The third-order valence-electron chi connectivity index (χ3n) is 4.78. The van der Waals surface area contributed by atoms with Crippen LogP contribution >= 0.6 is 23.2 Å². The zero-order valence-electron chi connectivity index (χ0n) is 16.8. The van der Waals surface area contributed by atoms with Crippen LogP contribution in [0.15, 0.2) is 47.3 Å². The van der Waals surface area contributed by atoms with E-state index in [1.54, 1.807) is 48.2 Å². The lowest BCUT2D eigenvalue weighted by Gasteiger charge is -2.26. The first-order valence-electron chi connectivity index (χ1n) is 9.44. The number of nitriles is 1. The molecule has 0 bridgehead atoms. The highest BCUT2D eigenvalue weighted by atomic mass is 35.5. The van der Waals surface area contributed by atoms with Gasteiger partial charge in [0.25, 0.3) is 5.56 Å². The second-order valence-corrected chi connectivity index (χ2v) is 7.48. The summed E-state index contributed by atoms with van der Waals surface area (Å²) in [5, 5.41) is 10.3. The van der Waals surface area contributed by atoms with Gasteiger partial charge in [-0.2, -0.15) is 15.2 Å². The Bertz CT molecular complexity index is 1450. The Morgan fingerprint density at radius 1 is 1.06 bits per heavy atom. The zero-order valence-corrected chi connectivity index (χ0v) is 18.3. The molecule has 11 heteroatoms. The van der Waals surface area contributed by atoms with Gasteiger partial charge in [0.05, 0.1) is 26.6 Å². The molecule has 4 rings (SSSR count). The van der Waals surface area contributed by atoms with Crippen LogP contribution in [0, 0.1) is 11.3 Å². The molecule has 0 radical (unpaired) electrons. The highest BCUT2D eigenvalue weighted by Crippen LogP contribution is 2.33. The van der Waals surface area contributed by atoms with Crippen molar-refractivity contribution in [3.8, 4) is 11.8 Å². The Labute approximate surface area is 192 Å². The monoisotopic (exact) mass is 466 g/mol. The minimum Gasteiger partial charge on any atom is -0.382 e. The van der Waals surface area contributed by atoms with Gasteiger partial charge in [-0.1, -0.05) is 41.4 Å². The minimum atomic E-state index is -0.435. The second-order valence-electron chi connectivity index (χ2n) is 6.66. The van der Waals surface area contributed by atoms with E-state index in [1.165, 1.54) is 4.57 Å². The molecule has 0 saturated carbocycles. The number of benzene rings is 2. The Hall–Kier alpha value is -3.87. The average molecular weight is 467 g/mol. The predicted octanol–water partition coefficient (Wildman–Crippen LogP) is 3.68. The molecule has 9 nitrogen and oxygen atoms in total. The largest absolute Gasteiger partial charge is 0.382 e. The first kappa shape index (κ1) is 21.4. The van der Waals surface area contributed by atoms with Gasteiger partial charge in [0.2, 0.25) is 11.9 Å². The smallest absolute Gasteiger partial charge is 0.268 e. The highest BCUT2D eigenvalue weighted by molar-refractivity contribution is 6.39. The summed E-state index contributed by atoms with van der Waals surface area (Å²) >= 11 is 12.7. The van der Waals surface area contributed by atoms with Gasteiger partial charge in [-0.25, -0.2) is 9.55 Å². The van der Waals surface area contributed by atoms with Crippen molar-refractivity contribution in [2.24, 2.45) is 0 Å². The van der Waals surface area contributed by atoms with Crippen molar-refractivity contribution in [3.63, 3.8) is 0 Å². The predicted molar refractivity (Wildman–Crippen MR) is 126 cm³/mol. The number of anilines is 4. The lowest BCUT2D eigenvalue weighted by molar-refractivity contribution is 0.859. The highest BCUT2D eigenvalue weighted by Gasteiger charge is 2.25. The molecule has 0 spiro atoms. The normalized spacial score (nSPS) is 10.8. The van der Waals surface area contributed by atoms with E-state index in [1.807, 2.05) is 12.1 Å². The average Bonchev–Trinajstić information content (AvgIpc) is 2.77. The van der Waals surface area contributed by atoms with Crippen LogP contribution in [0.25, 0.3) is 16.6 Å². The molecular weight excluding hydrogens is 451 g/mol. The van der Waals surface area contributed by atoms with Crippen molar-refractivity contribution in [3.05, 3.63) is 68.4 Å². The Morgan fingerprint density at radius 3 is 2.41 bits per heavy atom. The van der Waals surface area contributed by atoms with Crippen LogP contribution in [0.3, 0.4) is 0 Å². The minimum absolute atomic E-state index is 0.00667. The molecule has 2 heterocycles. The summed E-state index contributed by atoms with van der Waals surface area (Å²) in [7, 11) is 0. The summed E-state index contributed by atoms with van der Waals surface area (Å²) in [6.45, 7) is 2.08. The lowest BCUT2D eigenvalue weighted by Crippen LogP contribution is -2.31. The fourth-order valence-corrected chi connectivity index (χ4v) is 3.80. The molecule has 0 fully saturated rings. The van der Waals surface area contributed by atoms with Crippen molar-refractivity contribution < 1.29 is 0 Å². The fourth-order valence-electron chi connectivity index (χ4n) is 3.37. The van der Waals surface area contributed by atoms with Gasteiger partial charge in [0, 0.05) is 6.54 Å². The first-order chi connectivity index (χ1) is 15.4. The van der Waals surface area contributed by atoms with Crippen LogP contribution in [0.1, 0.15) is 12.5 Å². The zero-order chi connectivity index (χ0) is 23.0. The van der Waals surface area contributed by atoms with Crippen LogP contribution in [0.4, 0.5) is 23.5 Å². The number of hydrogen-bond acceptors (Lipinski definition) is 8. The third-order valence-corrected chi connectivity index (χ3v) is 5.40. The fraction of sp³-hybridized carbons (Fsp3) is 0.0952. The van der Waals surface area contributed by atoms with E-state index >= 15 is 0 Å². The molecule has 0 amide bonds. The van der Waals surface area contributed by atoms with Gasteiger partial charge in [0.1, 0.15) is 17.5 Å². The Kier molecular flexibility index (Phi) is 5.57. The molecule has 32 heavy (non-hydrogen) atoms. The summed E-state index contributed by atoms with van der Waals surface area (Å²) < 4.78 is 1.38. The molecule has 0 aliphatic carbocycles. The van der Waals surface area contributed by atoms with Crippen LogP contribution in [-0.2, 0) is 0 Å². The molecular formula is C21H16Cl2N8O.